The average molecular weight is 336 g/mol. The number of para-hydroxylation sites is 3. The van der Waals surface area contributed by atoms with Gasteiger partial charge < -0.3 is 5.32 Å². The summed E-state index contributed by atoms with van der Waals surface area (Å²) in [6, 6.07) is 23.6. The Hall–Kier alpha value is -2.79. The quantitative estimate of drug-likeness (QED) is 0.765. The Bertz CT molecular complexity index is 938. The molecule has 0 radical (unpaired) electrons. The van der Waals surface area contributed by atoms with Crippen LogP contribution in [0.2, 0.25) is 0 Å². The molecule has 0 amide bonds. The molecule has 120 valence electrons. The first kappa shape index (κ1) is 14.8. The maximum absolute atomic E-state index is 13.4. The Balaban J connectivity index is 2.00. The van der Waals surface area contributed by atoms with Crippen molar-refractivity contribution in [3.05, 3.63) is 84.4 Å². The van der Waals surface area contributed by atoms with Crippen LogP contribution in [0.25, 0.3) is 0 Å². The molecular formula is C19H16N2O2S. The second-order valence-corrected chi connectivity index (χ2v) is 7.37. The van der Waals surface area contributed by atoms with Gasteiger partial charge in [0.1, 0.15) is 0 Å². The third-order valence-electron chi connectivity index (χ3n) is 4.08. The Morgan fingerprint density at radius 1 is 0.750 bits per heavy atom. The second-order valence-electron chi connectivity index (χ2n) is 5.58. The van der Waals surface area contributed by atoms with Crippen molar-refractivity contribution >= 4 is 27.1 Å². The summed E-state index contributed by atoms with van der Waals surface area (Å²) in [5.41, 5.74) is 3.05. The molecule has 0 unspecified atom stereocenters. The van der Waals surface area contributed by atoms with Crippen LogP contribution in [0.15, 0.2) is 83.8 Å². The zero-order valence-electron chi connectivity index (χ0n) is 12.9. The number of fused-ring (bicyclic) bond motifs is 2. The molecule has 4 nitrogen and oxygen atoms in total. The standard InChI is InChI=1S/C19H16N2O2S/c22-24(23,16-9-2-1-3-10-16)21-18-12-6-4-8-15(18)14-20-17-11-5-7-13-19(17)21/h1-13,20H,14H2. The van der Waals surface area contributed by atoms with Crippen LogP contribution in [0.5, 0.6) is 0 Å². The predicted octanol–water partition coefficient (Wildman–Crippen LogP) is 4.14. The van der Waals surface area contributed by atoms with Gasteiger partial charge in [0, 0.05) is 6.54 Å². The molecule has 24 heavy (non-hydrogen) atoms. The molecule has 3 aromatic rings. The summed E-state index contributed by atoms with van der Waals surface area (Å²) in [7, 11) is -3.72. The lowest BCUT2D eigenvalue weighted by Crippen LogP contribution is -2.26. The summed E-state index contributed by atoms with van der Waals surface area (Å²) in [6.07, 6.45) is 0. The first-order valence-corrected chi connectivity index (χ1v) is 9.13. The van der Waals surface area contributed by atoms with Crippen LogP contribution in [0, 0.1) is 0 Å². The molecule has 1 heterocycles. The van der Waals surface area contributed by atoms with Crippen LogP contribution in [0.4, 0.5) is 17.1 Å². The summed E-state index contributed by atoms with van der Waals surface area (Å²) >= 11 is 0. The number of benzene rings is 3. The zero-order chi connectivity index (χ0) is 16.6. The third kappa shape index (κ3) is 2.34. The fourth-order valence-electron chi connectivity index (χ4n) is 2.94. The number of nitrogens with zero attached hydrogens (tertiary/aromatic N) is 1. The van der Waals surface area contributed by atoms with Crippen molar-refractivity contribution in [3.63, 3.8) is 0 Å². The van der Waals surface area contributed by atoms with E-state index >= 15 is 0 Å². The molecule has 0 fully saturated rings. The van der Waals surface area contributed by atoms with Crippen LogP contribution >= 0.6 is 0 Å². The fraction of sp³-hybridized carbons (Fsp3) is 0.0526. The van der Waals surface area contributed by atoms with Gasteiger partial charge in [-0.2, -0.15) is 0 Å². The molecule has 0 atom stereocenters. The first-order chi connectivity index (χ1) is 11.7. The van der Waals surface area contributed by atoms with Crippen molar-refractivity contribution < 1.29 is 8.42 Å². The molecule has 1 aliphatic rings. The average Bonchev–Trinajstić information content (AvgIpc) is 2.79. The molecule has 0 aliphatic carbocycles. The molecule has 4 rings (SSSR count). The summed E-state index contributed by atoms with van der Waals surface area (Å²) in [4.78, 5) is 0.275. The molecule has 0 bridgehead atoms. The minimum absolute atomic E-state index is 0.275. The van der Waals surface area contributed by atoms with E-state index in [0.29, 0.717) is 17.9 Å². The van der Waals surface area contributed by atoms with Gasteiger partial charge in [0.2, 0.25) is 0 Å². The normalized spacial score (nSPS) is 13.4. The lowest BCUT2D eigenvalue weighted by Gasteiger charge is -2.25. The van der Waals surface area contributed by atoms with Crippen molar-refractivity contribution in [1.82, 2.24) is 0 Å². The van der Waals surface area contributed by atoms with Gasteiger partial charge >= 0.3 is 0 Å². The van der Waals surface area contributed by atoms with Crippen LogP contribution < -0.4 is 9.62 Å². The Morgan fingerprint density at radius 3 is 2.17 bits per heavy atom. The van der Waals surface area contributed by atoms with E-state index < -0.39 is 10.0 Å². The SMILES string of the molecule is O=S(=O)(c1ccccc1)N1c2ccccc2CNc2ccccc21. The van der Waals surface area contributed by atoms with E-state index in [9.17, 15) is 8.42 Å². The molecule has 1 aliphatic heterocycles. The van der Waals surface area contributed by atoms with Crippen molar-refractivity contribution in [2.24, 2.45) is 0 Å². The lowest BCUT2D eigenvalue weighted by atomic mass is 10.2. The topological polar surface area (TPSA) is 49.4 Å². The highest BCUT2D eigenvalue weighted by Gasteiger charge is 2.31. The van der Waals surface area contributed by atoms with E-state index in [1.807, 2.05) is 54.6 Å². The van der Waals surface area contributed by atoms with Gasteiger partial charge in [-0.15, -0.1) is 0 Å². The van der Waals surface area contributed by atoms with E-state index in [1.165, 1.54) is 4.31 Å². The van der Waals surface area contributed by atoms with Crippen molar-refractivity contribution in [3.8, 4) is 0 Å². The molecular weight excluding hydrogens is 320 g/mol. The monoisotopic (exact) mass is 336 g/mol. The predicted molar refractivity (Wildman–Crippen MR) is 96.0 cm³/mol. The summed E-state index contributed by atoms with van der Waals surface area (Å²) in [5, 5.41) is 3.33. The van der Waals surface area contributed by atoms with Gasteiger partial charge in [-0.1, -0.05) is 48.5 Å². The van der Waals surface area contributed by atoms with Gasteiger partial charge in [0.15, 0.2) is 0 Å². The van der Waals surface area contributed by atoms with Crippen LogP contribution in [0.3, 0.4) is 0 Å². The Kier molecular flexibility index (Phi) is 3.50. The number of nitrogens with one attached hydrogen (secondary N) is 1. The van der Waals surface area contributed by atoms with Gasteiger partial charge in [-0.3, -0.25) is 0 Å². The molecule has 1 N–H and O–H groups in total. The molecule has 5 heteroatoms. The molecule has 0 saturated heterocycles. The number of hydrogen-bond acceptors (Lipinski definition) is 3. The maximum atomic E-state index is 13.4. The van der Waals surface area contributed by atoms with Crippen molar-refractivity contribution in [1.29, 1.82) is 0 Å². The van der Waals surface area contributed by atoms with E-state index in [4.69, 9.17) is 0 Å². The van der Waals surface area contributed by atoms with Crippen LogP contribution in [-0.4, -0.2) is 8.42 Å². The number of anilines is 3. The highest BCUT2D eigenvalue weighted by molar-refractivity contribution is 7.93. The van der Waals surface area contributed by atoms with E-state index in [1.54, 1.807) is 24.3 Å². The van der Waals surface area contributed by atoms with Crippen LogP contribution in [-0.2, 0) is 16.6 Å². The molecule has 0 spiro atoms. The highest BCUT2D eigenvalue weighted by atomic mass is 32.2. The van der Waals surface area contributed by atoms with Gasteiger partial charge in [0.25, 0.3) is 10.0 Å². The van der Waals surface area contributed by atoms with E-state index in [2.05, 4.69) is 5.32 Å². The number of sulfonamides is 1. The third-order valence-corrected chi connectivity index (χ3v) is 5.83. The van der Waals surface area contributed by atoms with Gasteiger partial charge in [-0.25, -0.2) is 12.7 Å². The molecule has 0 saturated carbocycles. The van der Waals surface area contributed by atoms with Gasteiger partial charge in [0.05, 0.1) is 22.0 Å². The van der Waals surface area contributed by atoms with E-state index in [0.717, 1.165) is 11.3 Å². The Morgan fingerprint density at radius 2 is 1.38 bits per heavy atom. The largest absolute Gasteiger partial charge is 0.379 e. The minimum Gasteiger partial charge on any atom is -0.379 e. The van der Waals surface area contributed by atoms with Crippen molar-refractivity contribution in [2.75, 3.05) is 9.62 Å². The highest BCUT2D eigenvalue weighted by Crippen LogP contribution is 2.41. The smallest absolute Gasteiger partial charge is 0.268 e. The zero-order valence-corrected chi connectivity index (χ0v) is 13.7. The molecule has 3 aromatic carbocycles. The lowest BCUT2D eigenvalue weighted by molar-refractivity contribution is 0.596. The van der Waals surface area contributed by atoms with E-state index in [-0.39, 0.29) is 4.90 Å². The Labute approximate surface area is 141 Å². The fourth-order valence-corrected chi connectivity index (χ4v) is 4.50. The summed E-state index contributed by atoms with van der Waals surface area (Å²) in [5.74, 6) is 0. The first-order valence-electron chi connectivity index (χ1n) is 7.69. The van der Waals surface area contributed by atoms with Gasteiger partial charge in [-0.05, 0) is 35.9 Å². The van der Waals surface area contributed by atoms with Crippen LogP contribution in [0.1, 0.15) is 5.56 Å². The maximum Gasteiger partial charge on any atom is 0.268 e. The minimum atomic E-state index is -3.72. The number of hydrogen-bond donors (Lipinski definition) is 1. The second kappa shape index (κ2) is 5.69. The molecule has 0 aromatic heterocycles. The number of rotatable bonds is 2. The summed E-state index contributed by atoms with van der Waals surface area (Å²) in [6.45, 7) is 0.577. The van der Waals surface area contributed by atoms with Crippen molar-refractivity contribution in [2.45, 2.75) is 11.4 Å². The summed E-state index contributed by atoms with van der Waals surface area (Å²) < 4.78 is 28.2.